The summed E-state index contributed by atoms with van der Waals surface area (Å²) in [6.07, 6.45) is 4.19. The highest BCUT2D eigenvalue weighted by Gasteiger charge is 2.13. The van der Waals surface area contributed by atoms with Crippen LogP contribution >= 0.6 is 0 Å². The monoisotopic (exact) mass is 292 g/mol. The van der Waals surface area contributed by atoms with E-state index in [2.05, 4.69) is 13.5 Å². The molecule has 0 spiro atoms. The van der Waals surface area contributed by atoms with Crippen LogP contribution in [0.4, 0.5) is 0 Å². The summed E-state index contributed by atoms with van der Waals surface area (Å²) in [6.45, 7) is 9.92. The van der Waals surface area contributed by atoms with E-state index in [1.165, 1.54) is 0 Å². The van der Waals surface area contributed by atoms with Crippen LogP contribution in [-0.4, -0.2) is 32.7 Å². The van der Waals surface area contributed by atoms with Gasteiger partial charge in [0.25, 0.3) is 0 Å². The molecule has 0 aromatic heterocycles. The van der Waals surface area contributed by atoms with Gasteiger partial charge in [-0.3, -0.25) is 4.79 Å². The molecular weight excluding hydrogens is 268 g/mol. The third-order valence-electron chi connectivity index (χ3n) is 2.78. The number of carbonyl (C=O) groups is 1. The van der Waals surface area contributed by atoms with Crippen molar-refractivity contribution in [2.45, 2.75) is 26.7 Å². The van der Waals surface area contributed by atoms with Crippen molar-refractivity contribution in [3.8, 4) is 11.5 Å². The molecule has 0 radical (unpaired) electrons. The molecule has 4 nitrogen and oxygen atoms in total. The number of ether oxygens (including phenoxy) is 3. The third-order valence-corrected chi connectivity index (χ3v) is 2.78. The molecule has 0 saturated carbocycles. The SMILES string of the molecule is C=CCc1cc(C=O)cc(OCC)c1OCCOCCC. The highest BCUT2D eigenvalue weighted by atomic mass is 16.5. The van der Waals surface area contributed by atoms with Crippen LogP contribution in [0, 0.1) is 0 Å². The van der Waals surface area contributed by atoms with Crippen LogP contribution in [-0.2, 0) is 11.2 Å². The van der Waals surface area contributed by atoms with Crippen molar-refractivity contribution < 1.29 is 19.0 Å². The Kier molecular flexibility index (Phi) is 8.21. The zero-order valence-electron chi connectivity index (χ0n) is 12.9. The molecule has 0 aliphatic heterocycles. The van der Waals surface area contributed by atoms with Crippen molar-refractivity contribution in [2.75, 3.05) is 26.4 Å². The predicted molar refractivity (Wildman–Crippen MR) is 83.5 cm³/mol. The molecule has 1 aromatic rings. The summed E-state index contributed by atoms with van der Waals surface area (Å²) < 4.78 is 16.8. The molecule has 0 aliphatic rings. The third kappa shape index (κ3) is 5.60. The van der Waals surface area contributed by atoms with Gasteiger partial charge in [0.2, 0.25) is 0 Å². The molecular formula is C17H24O4. The van der Waals surface area contributed by atoms with Gasteiger partial charge >= 0.3 is 0 Å². The summed E-state index contributed by atoms with van der Waals surface area (Å²) in [5, 5.41) is 0. The second-order valence-electron chi connectivity index (χ2n) is 4.51. The molecule has 0 aliphatic carbocycles. The number of aldehydes is 1. The predicted octanol–water partition coefficient (Wildman–Crippen LogP) is 3.43. The van der Waals surface area contributed by atoms with Crippen LogP contribution in [0.3, 0.4) is 0 Å². The fraction of sp³-hybridized carbons (Fsp3) is 0.471. The standard InChI is InChI=1S/C17H24O4/c1-4-7-15-11-14(13-18)12-16(20-6-3)17(15)21-10-9-19-8-5-2/h4,11-13H,1,5-10H2,2-3H3. The van der Waals surface area contributed by atoms with E-state index in [0.29, 0.717) is 43.3 Å². The van der Waals surface area contributed by atoms with Gasteiger partial charge in [-0.1, -0.05) is 13.0 Å². The Morgan fingerprint density at radius 2 is 1.95 bits per heavy atom. The largest absolute Gasteiger partial charge is 0.490 e. The smallest absolute Gasteiger partial charge is 0.164 e. The van der Waals surface area contributed by atoms with Gasteiger partial charge in [-0.2, -0.15) is 0 Å². The summed E-state index contributed by atoms with van der Waals surface area (Å²) in [5.74, 6) is 1.26. The zero-order chi connectivity index (χ0) is 15.5. The number of allylic oxidation sites excluding steroid dienone is 1. The number of rotatable bonds is 11. The first-order chi connectivity index (χ1) is 10.3. The highest BCUT2D eigenvalue weighted by molar-refractivity contribution is 5.77. The highest BCUT2D eigenvalue weighted by Crippen LogP contribution is 2.33. The molecule has 4 heteroatoms. The maximum absolute atomic E-state index is 11.0. The minimum atomic E-state index is 0.449. The molecule has 21 heavy (non-hydrogen) atoms. The molecule has 0 bridgehead atoms. The fourth-order valence-electron chi connectivity index (χ4n) is 1.93. The van der Waals surface area contributed by atoms with Gasteiger partial charge in [0, 0.05) is 17.7 Å². The Morgan fingerprint density at radius 1 is 1.14 bits per heavy atom. The van der Waals surface area contributed by atoms with E-state index in [-0.39, 0.29) is 0 Å². The van der Waals surface area contributed by atoms with Gasteiger partial charge in [-0.05, 0) is 31.9 Å². The molecule has 0 saturated heterocycles. The first kappa shape index (κ1) is 17.2. The number of hydrogen-bond acceptors (Lipinski definition) is 4. The normalized spacial score (nSPS) is 10.2. The zero-order valence-corrected chi connectivity index (χ0v) is 12.9. The van der Waals surface area contributed by atoms with Crippen molar-refractivity contribution in [1.82, 2.24) is 0 Å². The quantitative estimate of drug-likeness (QED) is 0.356. The summed E-state index contributed by atoms with van der Waals surface area (Å²) >= 11 is 0. The molecule has 0 unspecified atom stereocenters. The van der Waals surface area contributed by atoms with Crippen molar-refractivity contribution in [3.05, 3.63) is 35.9 Å². The molecule has 0 atom stereocenters. The van der Waals surface area contributed by atoms with Crippen molar-refractivity contribution in [3.63, 3.8) is 0 Å². The molecule has 1 aromatic carbocycles. The second-order valence-corrected chi connectivity index (χ2v) is 4.51. The summed E-state index contributed by atoms with van der Waals surface area (Å²) in [5.41, 5.74) is 1.47. The Morgan fingerprint density at radius 3 is 2.57 bits per heavy atom. The van der Waals surface area contributed by atoms with E-state index in [1.807, 2.05) is 6.92 Å². The van der Waals surface area contributed by atoms with Gasteiger partial charge in [0.15, 0.2) is 11.5 Å². The Labute approximate surface area is 126 Å². The van der Waals surface area contributed by atoms with E-state index in [0.717, 1.165) is 24.9 Å². The molecule has 1 rings (SSSR count). The van der Waals surface area contributed by atoms with Crippen molar-refractivity contribution in [1.29, 1.82) is 0 Å². The van der Waals surface area contributed by atoms with Crippen LogP contribution in [0.1, 0.15) is 36.2 Å². The fourth-order valence-corrected chi connectivity index (χ4v) is 1.93. The van der Waals surface area contributed by atoms with E-state index >= 15 is 0 Å². The van der Waals surface area contributed by atoms with Gasteiger partial charge < -0.3 is 14.2 Å². The first-order valence-corrected chi connectivity index (χ1v) is 7.33. The summed E-state index contributed by atoms with van der Waals surface area (Å²) in [7, 11) is 0. The molecule has 0 N–H and O–H groups in total. The molecule has 0 fully saturated rings. The van der Waals surface area contributed by atoms with E-state index < -0.39 is 0 Å². The number of hydrogen-bond donors (Lipinski definition) is 0. The van der Waals surface area contributed by atoms with Crippen molar-refractivity contribution in [2.24, 2.45) is 0 Å². The lowest BCUT2D eigenvalue weighted by molar-refractivity contribution is 0.0988. The summed E-state index contributed by atoms with van der Waals surface area (Å²) in [6, 6.07) is 3.50. The van der Waals surface area contributed by atoms with E-state index in [4.69, 9.17) is 14.2 Å². The van der Waals surface area contributed by atoms with Crippen LogP contribution in [0.5, 0.6) is 11.5 Å². The van der Waals surface area contributed by atoms with Crippen LogP contribution < -0.4 is 9.47 Å². The number of benzene rings is 1. The van der Waals surface area contributed by atoms with Gasteiger partial charge in [0.1, 0.15) is 12.9 Å². The van der Waals surface area contributed by atoms with E-state index in [1.54, 1.807) is 18.2 Å². The first-order valence-electron chi connectivity index (χ1n) is 7.33. The lowest BCUT2D eigenvalue weighted by atomic mass is 10.1. The van der Waals surface area contributed by atoms with Gasteiger partial charge in [0.05, 0.1) is 13.2 Å². The average Bonchev–Trinajstić information content (AvgIpc) is 2.49. The van der Waals surface area contributed by atoms with Gasteiger partial charge in [-0.15, -0.1) is 6.58 Å². The Bertz CT molecular complexity index is 454. The number of carbonyl (C=O) groups excluding carboxylic acids is 1. The van der Waals surface area contributed by atoms with Crippen LogP contribution in [0.25, 0.3) is 0 Å². The van der Waals surface area contributed by atoms with Crippen LogP contribution in [0.15, 0.2) is 24.8 Å². The lowest BCUT2D eigenvalue weighted by Crippen LogP contribution is -2.10. The van der Waals surface area contributed by atoms with Crippen LogP contribution in [0.2, 0.25) is 0 Å². The maximum atomic E-state index is 11.0. The molecule has 116 valence electrons. The maximum Gasteiger partial charge on any atom is 0.164 e. The minimum Gasteiger partial charge on any atom is -0.490 e. The molecule has 0 heterocycles. The average molecular weight is 292 g/mol. The van der Waals surface area contributed by atoms with Gasteiger partial charge in [-0.25, -0.2) is 0 Å². The summed E-state index contributed by atoms with van der Waals surface area (Å²) in [4.78, 5) is 11.0. The van der Waals surface area contributed by atoms with E-state index in [9.17, 15) is 4.79 Å². The lowest BCUT2D eigenvalue weighted by Gasteiger charge is -2.16. The Balaban J connectivity index is 2.89. The Hall–Kier alpha value is -1.81. The second kappa shape index (κ2) is 10.00. The minimum absolute atomic E-state index is 0.449. The van der Waals surface area contributed by atoms with Crippen molar-refractivity contribution >= 4 is 6.29 Å². The molecule has 0 amide bonds. The topological polar surface area (TPSA) is 44.8 Å².